The van der Waals surface area contributed by atoms with E-state index in [9.17, 15) is 0 Å². The van der Waals surface area contributed by atoms with E-state index < -0.39 is 7.92 Å². The third-order valence-corrected chi connectivity index (χ3v) is 15.7. The predicted molar refractivity (Wildman–Crippen MR) is 203 cm³/mol. The summed E-state index contributed by atoms with van der Waals surface area (Å²) in [6.45, 7) is 2.28. The quantitative estimate of drug-likeness (QED) is 0.0869. The van der Waals surface area contributed by atoms with Crippen LogP contribution in [0.1, 0.15) is 82.7 Å². The molecule has 5 aromatic carbocycles. The van der Waals surface area contributed by atoms with Crippen molar-refractivity contribution >= 4 is 37.1 Å². The molecule has 0 unspecified atom stereocenters. The molecule has 2 aliphatic rings. The van der Waals surface area contributed by atoms with Crippen LogP contribution in [-0.4, -0.2) is 30.3 Å². The van der Waals surface area contributed by atoms with Crippen LogP contribution in [0.2, 0.25) is 0 Å². The van der Waals surface area contributed by atoms with Crippen LogP contribution in [0, 0.1) is 0 Å². The van der Waals surface area contributed by atoms with Crippen molar-refractivity contribution in [2.75, 3.05) is 14.1 Å². The summed E-state index contributed by atoms with van der Waals surface area (Å²) >= 11 is 0. The molecule has 0 saturated heterocycles. The molecule has 0 aliphatic heterocycles. The molecule has 0 bridgehead atoms. The van der Waals surface area contributed by atoms with Gasteiger partial charge in [-0.15, -0.1) is 37.3 Å². The van der Waals surface area contributed by atoms with Gasteiger partial charge in [0.1, 0.15) is 0 Å². The van der Waals surface area contributed by atoms with Gasteiger partial charge in [0.05, 0.1) is 0 Å². The molecule has 0 N–H and O–H groups in total. The second kappa shape index (κ2) is 21.5. The molecule has 1 nitrogen and oxygen atoms in total. The molecular weight excluding hydrogens is 692 g/mol. The Balaban J connectivity index is 0.000000217. The smallest absolute Gasteiger partial charge is 0.305 e. The van der Waals surface area contributed by atoms with Crippen LogP contribution in [0.5, 0.6) is 0 Å². The van der Waals surface area contributed by atoms with Crippen LogP contribution in [0.15, 0.2) is 127 Å². The van der Waals surface area contributed by atoms with Crippen molar-refractivity contribution in [1.29, 1.82) is 0 Å². The van der Waals surface area contributed by atoms with Crippen molar-refractivity contribution < 1.29 is 34.1 Å². The van der Waals surface area contributed by atoms with Gasteiger partial charge < -0.3 is 4.90 Å². The fourth-order valence-electron chi connectivity index (χ4n) is 7.07. The summed E-state index contributed by atoms with van der Waals surface area (Å²) in [6.07, 6.45) is 15.1. The maximum Gasteiger partial charge on any atom is 2.00 e. The normalized spacial score (nSPS) is 16.5. The number of rotatable bonds is 8. The Hall–Kier alpha value is -1.52. The first-order valence-electron chi connectivity index (χ1n) is 17.3. The van der Waals surface area contributed by atoms with Crippen LogP contribution in [-0.2, 0) is 34.1 Å². The fraction of sp³-hybridized carbons (Fsp3) is 0.381. The van der Waals surface area contributed by atoms with Gasteiger partial charge in [-0.05, 0) is 63.3 Å². The molecule has 5 aromatic rings. The molecule has 2 saturated carbocycles. The molecule has 2 fully saturated rings. The average molecular weight is 746 g/mol. The first kappa shape index (κ1) is 39.9. The Morgan fingerprint density at radius 2 is 1.13 bits per heavy atom. The van der Waals surface area contributed by atoms with Gasteiger partial charge >= 0.3 is 34.1 Å². The van der Waals surface area contributed by atoms with E-state index in [4.69, 9.17) is 0 Å². The van der Waals surface area contributed by atoms with E-state index in [0.717, 1.165) is 11.3 Å². The van der Waals surface area contributed by atoms with Crippen LogP contribution >= 0.6 is 15.8 Å². The summed E-state index contributed by atoms with van der Waals surface area (Å²) in [4.78, 5) is 2.28. The van der Waals surface area contributed by atoms with Gasteiger partial charge in [-0.25, -0.2) is 48.5 Å². The number of nitrogens with zero attached hydrogens (tertiary/aromatic N) is 1. The molecule has 47 heavy (non-hydrogen) atoms. The van der Waals surface area contributed by atoms with Crippen LogP contribution < -0.4 is 21.2 Å². The van der Waals surface area contributed by atoms with Gasteiger partial charge in [0.15, 0.2) is 0 Å². The van der Waals surface area contributed by atoms with E-state index >= 15 is 0 Å². The first-order valence-corrected chi connectivity index (χ1v) is 20.1. The Morgan fingerprint density at radius 3 is 1.60 bits per heavy atom. The number of benzene rings is 1. The monoisotopic (exact) mass is 745 g/mol. The van der Waals surface area contributed by atoms with Crippen molar-refractivity contribution in [3.05, 3.63) is 133 Å². The van der Waals surface area contributed by atoms with Crippen LogP contribution in [0.3, 0.4) is 0 Å². The largest absolute Gasteiger partial charge is 2.00 e. The molecular formula is C42H53Fe2NP2. The summed E-state index contributed by atoms with van der Waals surface area (Å²) in [6, 6.07) is 46.3. The molecule has 2 atom stereocenters. The Labute approximate surface area is 309 Å². The number of hydrogen-bond donors (Lipinski definition) is 0. The minimum Gasteiger partial charge on any atom is -0.305 e. The Morgan fingerprint density at radius 1 is 0.617 bits per heavy atom. The van der Waals surface area contributed by atoms with Crippen molar-refractivity contribution in [1.82, 2.24) is 4.90 Å². The standard InChI is InChI=1S/C20H22NP.C17H26P.C5H5.2Fe/c1-16(21(2)3)19-14-9-15-20(19)22(18-12-7-8-13-18)17-10-5-4-6-11-17;1-3-9-15(10-4-1)18(17-13-7-8-14-17)16-11-5-2-6-12-16;1-2-4-5-3-1;;/h4-16H,1-3H3;7-8,13-16H,1-6,9-12H2;1-5H;;/q-2;2*-1;2*+2/t16-,22+;;;;/m1..../s1. The first-order chi connectivity index (χ1) is 22.1. The Bertz CT molecular complexity index is 1380. The van der Waals surface area contributed by atoms with E-state index in [1.807, 2.05) is 30.3 Å². The summed E-state index contributed by atoms with van der Waals surface area (Å²) in [7, 11) is 3.96. The molecule has 0 amide bonds. The van der Waals surface area contributed by atoms with Gasteiger partial charge in [-0.1, -0.05) is 68.9 Å². The topological polar surface area (TPSA) is 3.24 Å². The van der Waals surface area contributed by atoms with Crippen LogP contribution in [0.4, 0.5) is 0 Å². The predicted octanol–water partition coefficient (Wildman–Crippen LogP) is 10.1. The summed E-state index contributed by atoms with van der Waals surface area (Å²) < 4.78 is 0. The maximum atomic E-state index is 2.43. The van der Waals surface area contributed by atoms with E-state index in [0.29, 0.717) is 6.04 Å². The SMILES string of the molecule is C[C@H](c1ccc[c-]1[P@@](c1ccccc1)[c-]1cccc1)N(C)C.[Fe+2].[Fe+2].c1cc[c-](P(C2CCCCC2)C2CCCCC2)c1.c1cc[cH-]c1. The maximum absolute atomic E-state index is 2.43. The molecule has 0 heterocycles. The third kappa shape index (κ3) is 11.5. The minimum absolute atomic E-state index is 0. The van der Waals surface area contributed by atoms with Gasteiger partial charge in [-0.2, -0.15) is 48.5 Å². The zero-order valence-corrected chi connectivity index (χ0v) is 32.5. The molecule has 0 radical (unpaired) electrons. The van der Waals surface area contributed by atoms with Crippen molar-refractivity contribution in [3.8, 4) is 0 Å². The van der Waals surface area contributed by atoms with Gasteiger partial charge in [0.25, 0.3) is 0 Å². The van der Waals surface area contributed by atoms with E-state index in [2.05, 4.69) is 123 Å². The van der Waals surface area contributed by atoms with Crippen molar-refractivity contribution in [3.63, 3.8) is 0 Å². The molecule has 0 aromatic heterocycles. The summed E-state index contributed by atoms with van der Waals surface area (Å²) in [5.74, 6) is 0. The Kier molecular flexibility index (Phi) is 18.3. The van der Waals surface area contributed by atoms with Crippen molar-refractivity contribution in [2.45, 2.75) is 88.5 Å². The van der Waals surface area contributed by atoms with E-state index in [1.54, 1.807) is 5.30 Å². The second-order valence-corrected chi connectivity index (χ2v) is 17.9. The van der Waals surface area contributed by atoms with E-state index in [1.165, 1.54) is 85.7 Å². The molecule has 0 spiro atoms. The fourth-order valence-corrected chi connectivity index (χ4v) is 13.4. The molecule has 7 rings (SSSR count). The molecule has 5 heteroatoms. The number of hydrogen-bond acceptors (Lipinski definition) is 1. The third-order valence-electron chi connectivity index (χ3n) is 9.64. The van der Waals surface area contributed by atoms with Gasteiger partial charge in [0, 0.05) is 6.04 Å². The summed E-state index contributed by atoms with van der Waals surface area (Å²) in [5.41, 5.74) is 3.56. The zero-order valence-electron chi connectivity index (χ0n) is 28.5. The van der Waals surface area contributed by atoms with Crippen LogP contribution in [0.25, 0.3) is 0 Å². The molecule has 252 valence electrons. The van der Waals surface area contributed by atoms with Gasteiger partial charge in [-0.3, -0.25) is 0 Å². The van der Waals surface area contributed by atoms with Crippen molar-refractivity contribution in [2.24, 2.45) is 0 Å². The van der Waals surface area contributed by atoms with Gasteiger partial charge in [0.2, 0.25) is 0 Å². The second-order valence-electron chi connectivity index (χ2n) is 12.9. The zero-order chi connectivity index (χ0) is 31.3. The summed E-state index contributed by atoms with van der Waals surface area (Å²) in [5, 5.41) is 6.05. The van der Waals surface area contributed by atoms with E-state index in [-0.39, 0.29) is 42.1 Å². The minimum atomic E-state index is -0.477. The molecule has 2 aliphatic carbocycles. The average Bonchev–Trinajstić information content (AvgIpc) is 3.93.